The first-order valence-electron chi connectivity index (χ1n) is 6.68. The van der Waals surface area contributed by atoms with Gasteiger partial charge in [0.05, 0.1) is 18.3 Å². The molecule has 0 bridgehead atoms. The lowest BCUT2D eigenvalue weighted by Gasteiger charge is -2.15. The molecule has 1 aromatic rings. The van der Waals surface area contributed by atoms with Crippen molar-refractivity contribution in [3.8, 4) is 0 Å². The predicted molar refractivity (Wildman–Crippen MR) is 79.8 cm³/mol. The Kier molecular flexibility index (Phi) is 6.60. The van der Waals surface area contributed by atoms with Crippen molar-refractivity contribution < 1.29 is 29.6 Å². The van der Waals surface area contributed by atoms with Gasteiger partial charge in [-0.2, -0.15) is 4.67 Å². The Morgan fingerprint density at radius 3 is 3.00 bits per heavy atom. The van der Waals surface area contributed by atoms with E-state index < -0.39 is 29.7 Å². The molecule has 1 fully saturated rings. The van der Waals surface area contributed by atoms with Crippen LogP contribution in [0.4, 0.5) is 0 Å². The van der Waals surface area contributed by atoms with E-state index in [9.17, 15) is 14.7 Å². The van der Waals surface area contributed by atoms with Gasteiger partial charge in [0.25, 0.3) is 5.56 Å². The Morgan fingerprint density at radius 2 is 2.30 bits per heavy atom. The van der Waals surface area contributed by atoms with Crippen molar-refractivity contribution in [3.05, 3.63) is 38.7 Å². The average molecular weight is 348 g/mol. The summed E-state index contributed by atoms with van der Waals surface area (Å²) in [7, 11) is 1.82. The fourth-order valence-corrected chi connectivity index (χ4v) is 2.23. The van der Waals surface area contributed by atoms with Crippen LogP contribution in [-0.4, -0.2) is 45.2 Å². The monoisotopic (exact) mass is 348 g/mol. The van der Waals surface area contributed by atoms with Gasteiger partial charge in [-0.05, 0) is 6.08 Å². The smallest absolute Gasteiger partial charge is 0.330 e. The zero-order valence-electron chi connectivity index (χ0n) is 12.0. The van der Waals surface area contributed by atoms with Crippen LogP contribution in [0.1, 0.15) is 18.2 Å². The van der Waals surface area contributed by atoms with Crippen LogP contribution < -0.4 is 11.2 Å². The molecular formula is C12H17N2O8P. The molecule has 1 aromatic heterocycles. The maximum absolute atomic E-state index is 11.9. The lowest BCUT2D eigenvalue weighted by Crippen LogP contribution is -2.33. The second kappa shape index (κ2) is 8.46. The lowest BCUT2D eigenvalue weighted by molar-refractivity contribution is -0.466. The van der Waals surface area contributed by atoms with E-state index in [2.05, 4.69) is 19.6 Å². The van der Waals surface area contributed by atoms with Gasteiger partial charge >= 0.3 is 5.69 Å². The molecule has 2 heterocycles. The first-order valence-corrected chi connectivity index (χ1v) is 7.15. The van der Waals surface area contributed by atoms with Gasteiger partial charge < -0.3 is 14.9 Å². The van der Waals surface area contributed by atoms with E-state index in [0.29, 0.717) is 0 Å². The van der Waals surface area contributed by atoms with Crippen molar-refractivity contribution in [1.82, 2.24) is 9.55 Å². The highest BCUT2D eigenvalue weighted by Gasteiger charge is 2.36. The summed E-state index contributed by atoms with van der Waals surface area (Å²) in [4.78, 5) is 30.4. The number of hydrogen-bond acceptors (Lipinski definition) is 8. The summed E-state index contributed by atoms with van der Waals surface area (Å²) in [6.07, 6.45) is 1.78. The molecular weight excluding hydrogens is 331 g/mol. The lowest BCUT2D eigenvalue weighted by atomic mass is 10.2. The molecule has 1 aliphatic rings. The molecule has 0 aliphatic carbocycles. The highest BCUT2D eigenvalue weighted by atomic mass is 31.0. The van der Waals surface area contributed by atoms with Crippen LogP contribution in [0, 0.1) is 0 Å². The van der Waals surface area contributed by atoms with E-state index in [4.69, 9.17) is 9.84 Å². The van der Waals surface area contributed by atoms with E-state index >= 15 is 0 Å². The summed E-state index contributed by atoms with van der Waals surface area (Å²) in [6.45, 7) is -0.351. The number of H-pyrrole nitrogens is 1. The molecule has 23 heavy (non-hydrogen) atoms. The predicted octanol–water partition coefficient (Wildman–Crippen LogP) is -1.14. The standard InChI is InChI=1S/C12H17N2O8P/c15-3-1-2-7-5-14(12(18)13-11(7)17)10-4-8(16)9(20-10)6-19-21-22-23/h1-2,5,8-10,15-16H,3-4,6,23H2,(H,13,17,18). The Morgan fingerprint density at radius 1 is 1.52 bits per heavy atom. The van der Waals surface area contributed by atoms with Crippen LogP contribution in [0.2, 0.25) is 0 Å². The third-order valence-corrected chi connectivity index (χ3v) is 3.31. The van der Waals surface area contributed by atoms with Crippen molar-refractivity contribution in [1.29, 1.82) is 0 Å². The van der Waals surface area contributed by atoms with Crippen LogP contribution in [0.15, 0.2) is 21.9 Å². The number of aromatic amines is 1. The molecule has 0 spiro atoms. The molecule has 0 saturated carbocycles. The molecule has 11 heteroatoms. The summed E-state index contributed by atoms with van der Waals surface area (Å²) in [6, 6.07) is 0. The molecule has 10 nitrogen and oxygen atoms in total. The van der Waals surface area contributed by atoms with Gasteiger partial charge in [-0.25, -0.2) is 9.68 Å². The second-order valence-corrected chi connectivity index (χ2v) is 4.91. The summed E-state index contributed by atoms with van der Waals surface area (Å²) in [5.41, 5.74) is -1.07. The Bertz CT molecular complexity index is 657. The van der Waals surface area contributed by atoms with Crippen molar-refractivity contribution >= 4 is 15.5 Å². The number of nitrogens with one attached hydrogen (secondary N) is 1. The Hall–Kier alpha value is -1.39. The summed E-state index contributed by atoms with van der Waals surface area (Å²) in [5, 5.41) is 22.9. The van der Waals surface area contributed by atoms with E-state index in [1.54, 1.807) is 0 Å². The van der Waals surface area contributed by atoms with Crippen LogP contribution >= 0.6 is 9.47 Å². The van der Waals surface area contributed by atoms with Crippen molar-refractivity contribution in [2.75, 3.05) is 13.2 Å². The minimum Gasteiger partial charge on any atom is -0.392 e. The molecule has 1 saturated heterocycles. The molecule has 128 valence electrons. The van der Waals surface area contributed by atoms with Crippen molar-refractivity contribution in [2.24, 2.45) is 0 Å². The van der Waals surface area contributed by atoms with Gasteiger partial charge in [-0.15, -0.1) is 0 Å². The van der Waals surface area contributed by atoms with Crippen molar-refractivity contribution in [3.63, 3.8) is 0 Å². The molecule has 3 N–H and O–H groups in total. The SMILES string of the molecule is O=c1[nH]c(=O)n(C2CC(O)C(COOOP)O2)cc1C=CCO. The van der Waals surface area contributed by atoms with E-state index in [0.717, 1.165) is 4.57 Å². The van der Waals surface area contributed by atoms with Crippen LogP contribution in [0.5, 0.6) is 0 Å². The average Bonchev–Trinajstić information content (AvgIpc) is 2.88. The van der Waals surface area contributed by atoms with Gasteiger partial charge in [0, 0.05) is 22.1 Å². The number of rotatable bonds is 7. The first-order chi connectivity index (χ1) is 11.1. The molecule has 4 atom stereocenters. The first kappa shape index (κ1) is 18.0. The number of ether oxygens (including phenoxy) is 1. The maximum Gasteiger partial charge on any atom is 0.330 e. The van der Waals surface area contributed by atoms with Crippen LogP contribution in [-0.2, 0) is 19.3 Å². The zero-order chi connectivity index (χ0) is 16.8. The fourth-order valence-electron chi connectivity index (χ4n) is 2.17. The third kappa shape index (κ3) is 4.55. The van der Waals surface area contributed by atoms with E-state index in [-0.39, 0.29) is 25.2 Å². The number of aliphatic hydroxyl groups excluding tert-OH is 2. The molecule has 0 aromatic carbocycles. The Labute approximate surface area is 132 Å². The van der Waals surface area contributed by atoms with Gasteiger partial charge in [0.15, 0.2) is 0 Å². The quantitative estimate of drug-likeness (QED) is 0.244. The van der Waals surface area contributed by atoms with Crippen LogP contribution in [0.3, 0.4) is 0 Å². The summed E-state index contributed by atoms with van der Waals surface area (Å²) < 4.78 is 10.9. The van der Waals surface area contributed by atoms with Gasteiger partial charge in [0.2, 0.25) is 0 Å². The molecule has 1 aliphatic heterocycles. The van der Waals surface area contributed by atoms with Gasteiger partial charge in [-0.1, -0.05) is 11.1 Å². The fraction of sp³-hybridized carbons (Fsp3) is 0.500. The van der Waals surface area contributed by atoms with E-state index in [1.165, 1.54) is 18.3 Å². The normalized spacial score (nSPS) is 24.6. The second-order valence-electron chi connectivity index (χ2n) is 4.72. The van der Waals surface area contributed by atoms with E-state index in [1.807, 2.05) is 9.47 Å². The molecule has 4 unspecified atom stereocenters. The number of aromatic nitrogens is 2. The number of aliphatic hydroxyl groups is 2. The number of hydrogen-bond donors (Lipinski definition) is 3. The summed E-state index contributed by atoms with van der Waals surface area (Å²) >= 11 is 0. The molecule has 0 radical (unpaired) electrons. The zero-order valence-corrected chi connectivity index (χ0v) is 13.1. The Balaban J connectivity index is 2.17. The van der Waals surface area contributed by atoms with Gasteiger partial charge in [-0.3, -0.25) is 14.3 Å². The topological polar surface area (TPSA) is 132 Å². The van der Waals surface area contributed by atoms with Crippen LogP contribution in [0.25, 0.3) is 6.08 Å². The van der Waals surface area contributed by atoms with Crippen molar-refractivity contribution in [2.45, 2.75) is 24.9 Å². The third-order valence-electron chi connectivity index (χ3n) is 3.23. The summed E-state index contributed by atoms with van der Waals surface area (Å²) in [5.74, 6) is 0. The highest BCUT2D eigenvalue weighted by Crippen LogP contribution is 2.27. The highest BCUT2D eigenvalue weighted by molar-refractivity contribution is 7.09. The number of nitrogens with zero attached hydrogens (tertiary/aromatic N) is 1. The maximum atomic E-state index is 11.9. The minimum atomic E-state index is -0.886. The molecule has 0 amide bonds. The minimum absolute atomic E-state index is 0.110. The largest absolute Gasteiger partial charge is 0.392 e. The molecule has 2 rings (SSSR count). The van der Waals surface area contributed by atoms with Gasteiger partial charge in [0.1, 0.15) is 18.9 Å².